The van der Waals surface area contributed by atoms with Gasteiger partial charge in [-0.2, -0.15) is 0 Å². The van der Waals surface area contributed by atoms with Crippen LogP contribution in [0.15, 0.2) is 0 Å². The zero-order valence-corrected chi connectivity index (χ0v) is 9.66. The maximum absolute atomic E-state index is 8.90. The van der Waals surface area contributed by atoms with Crippen molar-refractivity contribution in [3.05, 3.63) is 0 Å². The van der Waals surface area contributed by atoms with Gasteiger partial charge in [0, 0.05) is 31.8 Å². The predicted octanol–water partition coefficient (Wildman–Crippen LogP) is 0.687. The average molecular weight is 200 g/mol. The van der Waals surface area contributed by atoms with E-state index in [1.807, 2.05) is 0 Å². The quantitative estimate of drug-likeness (QED) is 0.685. The van der Waals surface area contributed by atoms with Crippen LogP contribution in [0.1, 0.15) is 27.2 Å². The van der Waals surface area contributed by atoms with E-state index in [0.717, 1.165) is 13.1 Å². The number of nitrogens with one attached hydrogen (secondary N) is 1. The van der Waals surface area contributed by atoms with Crippen molar-refractivity contribution < 1.29 is 5.11 Å². The Balaban J connectivity index is 2.16. The molecule has 14 heavy (non-hydrogen) atoms. The Morgan fingerprint density at radius 3 is 2.64 bits per heavy atom. The van der Waals surface area contributed by atoms with E-state index < -0.39 is 0 Å². The molecule has 0 aromatic carbocycles. The van der Waals surface area contributed by atoms with Gasteiger partial charge in [0.05, 0.1) is 0 Å². The lowest BCUT2D eigenvalue weighted by Crippen LogP contribution is -2.37. The maximum Gasteiger partial charge on any atom is 0.0468 e. The molecule has 0 aromatic heterocycles. The lowest BCUT2D eigenvalue weighted by atomic mass is 10.2. The third-order valence-corrected chi connectivity index (χ3v) is 3.02. The van der Waals surface area contributed by atoms with Crippen molar-refractivity contribution in [2.45, 2.75) is 39.3 Å². The summed E-state index contributed by atoms with van der Waals surface area (Å²) in [5.41, 5.74) is 0. The number of hydrogen-bond acceptors (Lipinski definition) is 3. The lowest BCUT2D eigenvalue weighted by Gasteiger charge is -2.21. The van der Waals surface area contributed by atoms with Crippen LogP contribution in [0.2, 0.25) is 0 Å². The first-order chi connectivity index (χ1) is 6.63. The molecule has 0 aromatic rings. The van der Waals surface area contributed by atoms with Crippen LogP contribution in [0.4, 0.5) is 0 Å². The Hall–Kier alpha value is -0.120. The summed E-state index contributed by atoms with van der Waals surface area (Å²) in [6, 6.07) is 1.29. The molecule has 1 aliphatic rings. The van der Waals surface area contributed by atoms with Crippen molar-refractivity contribution in [2.75, 3.05) is 26.2 Å². The monoisotopic (exact) mass is 200 g/mol. The van der Waals surface area contributed by atoms with Crippen LogP contribution in [0, 0.1) is 5.92 Å². The molecule has 0 amide bonds. The molecule has 1 aliphatic heterocycles. The second-order valence-electron chi connectivity index (χ2n) is 4.77. The van der Waals surface area contributed by atoms with Crippen molar-refractivity contribution in [1.29, 1.82) is 0 Å². The fourth-order valence-corrected chi connectivity index (χ4v) is 1.86. The highest BCUT2D eigenvalue weighted by molar-refractivity contribution is 4.82. The molecule has 0 radical (unpaired) electrons. The van der Waals surface area contributed by atoms with E-state index in [4.69, 9.17) is 5.11 Å². The van der Waals surface area contributed by atoms with Gasteiger partial charge in [0.15, 0.2) is 0 Å². The van der Waals surface area contributed by atoms with Gasteiger partial charge in [-0.15, -0.1) is 0 Å². The van der Waals surface area contributed by atoms with Crippen LogP contribution in [0.5, 0.6) is 0 Å². The Kier molecular flexibility index (Phi) is 4.85. The van der Waals surface area contributed by atoms with Crippen LogP contribution in [-0.4, -0.2) is 48.3 Å². The van der Waals surface area contributed by atoms with Gasteiger partial charge in [-0.05, 0) is 32.7 Å². The number of aliphatic hydroxyl groups excluding tert-OH is 1. The normalized spacial score (nSPS) is 25.9. The van der Waals surface area contributed by atoms with Gasteiger partial charge in [-0.25, -0.2) is 0 Å². The van der Waals surface area contributed by atoms with Crippen molar-refractivity contribution >= 4 is 0 Å². The minimum Gasteiger partial charge on any atom is -0.396 e. The van der Waals surface area contributed by atoms with Crippen LogP contribution >= 0.6 is 0 Å². The van der Waals surface area contributed by atoms with E-state index in [1.165, 1.54) is 13.0 Å². The molecule has 84 valence electrons. The molecule has 1 heterocycles. The van der Waals surface area contributed by atoms with Gasteiger partial charge in [0.2, 0.25) is 0 Å². The first-order valence-corrected chi connectivity index (χ1v) is 5.71. The smallest absolute Gasteiger partial charge is 0.0468 e. The largest absolute Gasteiger partial charge is 0.396 e. The minimum atomic E-state index is 0.285. The van der Waals surface area contributed by atoms with E-state index in [0.29, 0.717) is 18.0 Å². The summed E-state index contributed by atoms with van der Waals surface area (Å²) in [6.07, 6.45) is 1.25. The van der Waals surface area contributed by atoms with Crippen LogP contribution < -0.4 is 5.32 Å². The molecular formula is C11H24N2O. The predicted molar refractivity (Wildman–Crippen MR) is 59.4 cm³/mol. The lowest BCUT2D eigenvalue weighted by molar-refractivity contribution is 0.227. The Morgan fingerprint density at radius 1 is 1.43 bits per heavy atom. The summed E-state index contributed by atoms with van der Waals surface area (Å²) in [7, 11) is 0. The van der Waals surface area contributed by atoms with Gasteiger partial charge in [-0.3, -0.25) is 4.90 Å². The Bertz CT molecular complexity index is 161. The fourth-order valence-electron chi connectivity index (χ4n) is 1.86. The van der Waals surface area contributed by atoms with Crippen LogP contribution in [-0.2, 0) is 0 Å². The molecule has 0 bridgehead atoms. The van der Waals surface area contributed by atoms with Crippen molar-refractivity contribution in [1.82, 2.24) is 10.2 Å². The first kappa shape index (κ1) is 12.0. The molecule has 2 N–H and O–H groups in total. The SMILES string of the molecule is CC(CO)CNC1CCN(C(C)C)C1. The van der Waals surface area contributed by atoms with Crippen molar-refractivity contribution in [3.63, 3.8) is 0 Å². The molecule has 2 unspecified atom stereocenters. The molecule has 0 spiro atoms. The molecule has 3 nitrogen and oxygen atoms in total. The average Bonchev–Trinajstić information content (AvgIpc) is 2.62. The number of likely N-dealkylation sites (tertiary alicyclic amines) is 1. The standard InChI is InChI=1S/C11H24N2O/c1-9(2)13-5-4-11(7-13)12-6-10(3)8-14/h9-12,14H,4-8H2,1-3H3. The van der Waals surface area contributed by atoms with Gasteiger partial charge in [0.25, 0.3) is 0 Å². The summed E-state index contributed by atoms with van der Waals surface area (Å²) in [5, 5.41) is 12.4. The molecule has 1 rings (SSSR count). The van der Waals surface area contributed by atoms with Crippen molar-refractivity contribution in [3.8, 4) is 0 Å². The second kappa shape index (κ2) is 5.69. The van der Waals surface area contributed by atoms with E-state index in [2.05, 4.69) is 31.0 Å². The van der Waals surface area contributed by atoms with Crippen molar-refractivity contribution in [2.24, 2.45) is 5.92 Å². The molecular weight excluding hydrogens is 176 g/mol. The summed E-state index contributed by atoms with van der Waals surface area (Å²) in [5.74, 6) is 0.378. The summed E-state index contributed by atoms with van der Waals surface area (Å²) in [6.45, 7) is 10.2. The highest BCUT2D eigenvalue weighted by atomic mass is 16.3. The minimum absolute atomic E-state index is 0.285. The number of rotatable bonds is 5. The number of nitrogens with zero attached hydrogens (tertiary/aromatic N) is 1. The van der Waals surface area contributed by atoms with E-state index in [1.54, 1.807) is 0 Å². The second-order valence-corrected chi connectivity index (χ2v) is 4.77. The van der Waals surface area contributed by atoms with E-state index >= 15 is 0 Å². The summed E-state index contributed by atoms with van der Waals surface area (Å²) < 4.78 is 0. The topological polar surface area (TPSA) is 35.5 Å². The van der Waals surface area contributed by atoms with Gasteiger partial charge in [-0.1, -0.05) is 6.92 Å². The third-order valence-electron chi connectivity index (χ3n) is 3.02. The highest BCUT2D eigenvalue weighted by Gasteiger charge is 2.23. The molecule has 0 saturated carbocycles. The zero-order chi connectivity index (χ0) is 10.6. The van der Waals surface area contributed by atoms with Crippen LogP contribution in [0.3, 0.4) is 0 Å². The Morgan fingerprint density at radius 2 is 2.14 bits per heavy atom. The molecule has 2 atom stereocenters. The Labute approximate surface area is 87.5 Å². The van der Waals surface area contributed by atoms with Gasteiger partial charge in [0.1, 0.15) is 0 Å². The zero-order valence-electron chi connectivity index (χ0n) is 9.66. The fraction of sp³-hybridized carbons (Fsp3) is 1.00. The van der Waals surface area contributed by atoms with Crippen LogP contribution in [0.25, 0.3) is 0 Å². The molecule has 0 aliphatic carbocycles. The summed E-state index contributed by atoms with van der Waals surface area (Å²) in [4.78, 5) is 2.50. The maximum atomic E-state index is 8.90. The molecule has 1 saturated heterocycles. The van der Waals surface area contributed by atoms with E-state index in [-0.39, 0.29) is 6.61 Å². The molecule has 3 heteroatoms. The van der Waals surface area contributed by atoms with Gasteiger partial charge >= 0.3 is 0 Å². The van der Waals surface area contributed by atoms with Gasteiger partial charge < -0.3 is 10.4 Å². The third kappa shape index (κ3) is 3.56. The van der Waals surface area contributed by atoms with E-state index in [9.17, 15) is 0 Å². The number of hydrogen-bond donors (Lipinski definition) is 2. The highest BCUT2D eigenvalue weighted by Crippen LogP contribution is 2.12. The number of aliphatic hydroxyl groups is 1. The summed E-state index contributed by atoms with van der Waals surface area (Å²) >= 11 is 0. The first-order valence-electron chi connectivity index (χ1n) is 5.71. The molecule has 1 fully saturated rings.